The van der Waals surface area contributed by atoms with Crippen LogP contribution in [0.4, 0.5) is 0 Å². The van der Waals surface area contributed by atoms with E-state index in [0.717, 1.165) is 24.8 Å². The number of aliphatic carboxylic acids is 1. The summed E-state index contributed by atoms with van der Waals surface area (Å²) < 4.78 is 32.5. The maximum absolute atomic E-state index is 12.4. The van der Waals surface area contributed by atoms with E-state index >= 15 is 0 Å². The second kappa shape index (κ2) is 7.11. The minimum Gasteiger partial charge on any atom is -0.493 e. The topological polar surface area (TPSA) is 92.7 Å². The number of benzene rings is 1. The highest BCUT2D eigenvalue weighted by Gasteiger charge is 2.25. The molecule has 1 atom stereocenters. The molecule has 0 aromatic heterocycles. The van der Waals surface area contributed by atoms with Crippen molar-refractivity contribution in [2.24, 2.45) is 0 Å². The van der Waals surface area contributed by atoms with Crippen LogP contribution in [0.25, 0.3) is 0 Å². The Balaban J connectivity index is 2.20. The van der Waals surface area contributed by atoms with Crippen LogP contribution in [-0.2, 0) is 21.2 Å². The molecule has 2 N–H and O–H groups in total. The summed E-state index contributed by atoms with van der Waals surface area (Å²) in [5.74, 6) is -0.454. The highest BCUT2D eigenvalue weighted by atomic mass is 32.2. The minimum atomic E-state index is -3.85. The summed E-state index contributed by atoms with van der Waals surface area (Å²) in [5.41, 5.74) is 0.842. The molecule has 0 saturated heterocycles. The fraction of sp³-hybridized carbons (Fsp3) is 0.533. The van der Waals surface area contributed by atoms with Crippen molar-refractivity contribution in [2.45, 2.75) is 50.0 Å². The van der Waals surface area contributed by atoms with Crippen molar-refractivity contribution < 1.29 is 23.1 Å². The number of carboxylic acids is 1. The zero-order valence-corrected chi connectivity index (χ0v) is 13.4. The third kappa shape index (κ3) is 3.98. The number of aryl methyl sites for hydroxylation is 1. The molecule has 0 aliphatic carbocycles. The summed E-state index contributed by atoms with van der Waals surface area (Å²) in [5, 5.41) is 9.16. The first-order valence-corrected chi connectivity index (χ1v) is 8.93. The zero-order chi connectivity index (χ0) is 16.2. The number of ether oxygens (including phenoxy) is 1. The average Bonchev–Trinajstić information content (AvgIpc) is 2.50. The molecule has 6 nitrogen and oxygen atoms in total. The lowest BCUT2D eigenvalue weighted by molar-refractivity contribution is -0.139. The molecular weight excluding hydrogens is 306 g/mol. The van der Waals surface area contributed by atoms with E-state index < -0.39 is 22.0 Å². The Hall–Kier alpha value is -1.60. The summed E-state index contributed by atoms with van der Waals surface area (Å²) in [6.07, 6.45) is 3.34. The van der Waals surface area contributed by atoms with Gasteiger partial charge >= 0.3 is 5.97 Å². The number of carboxylic acid groups (broad SMARTS) is 1. The lowest BCUT2D eigenvalue weighted by Gasteiger charge is -2.19. The molecule has 7 heteroatoms. The summed E-state index contributed by atoms with van der Waals surface area (Å²) in [6, 6.07) is 3.54. The van der Waals surface area contributed by atoms with Gasteiger partial charge < -0.3 is 9.84 Å². The summed E-state index contributed by atoms with van der Waals surface area (Å²) >= 11 is 0. The third-order valence-corrected chi connectivity index (χ3v) is 5.10. The predicted octanol–water partition coefficient (Wildman–Crippen LogP) is 1.93. The van der Waals surface area contributed by atoms with Crippen LogP contribution in [-0.4, -0.2) is 32.1 Å². The highest BCUT2D eigenvalue weighted by molar-refractivity contribution is 7.89. The Labute approximate surface area is 130 Å². The van der Waals surface area contributed by atoms with Gasteiger partial charge in [-0.1, -0.05) is 19.8 Å². The molecule has 2 rings (SSSR count). The van der Waals surface area contributed by atoms with Gasteiger partial charge in [-0.3, -0.25) is 4.79 Å². The molecule has 0 saturated carbocycles. The largest absolute Gasteiger partial charge is 0.493 e. The van der Waals surface area contributed by atoms with Crippen LogP contribution in [0.3, 0.4) is 0 Å². The monoisotopic (exact) mass is 327 g/mol. The normalized spacial score (nSPS) is 15.7. The van der Waals surface area contributed by atoms with Gasteiger partial charge in [0.05, 0.1) is 11.5 Å². The Morgan fingerprint density at radius 2 is 2.23 bits per heavy atom. The molecule has 1 aromatic carbocycles. The maximum Gasteiger partial charge on any atom is 0.321 e. The van der Waals surface area contributed by atoms with Gasteiger partial charge in [0, 0.05) is 0 Å². The number of unbranched alkanes of at least 4 members (excludes halogenated alkanes) is 1. The third-order valence-electron chi connectivity index (χ3n) is 3.63. The first-order valence-electron chi connectivity index (χ1n) is 7.45. The molecule has 1 aliphatic rings. The number of rotatable bonds is 7. The Bertz CT molecular complexity index is 641. The van der Waals surface area contributed by atoms with Gasteiger partial charge in [0.2, 0.25) is 10.0 Å². The van der Waals surface area contributed by atoms with E-state index in [1.54, 1.807) is 12.1 Å². The maximum atomic E-state index is 12.4. The van der Waals surface area contributed by atoms with Crippen LogP contribution in [0, 0.1) is 0 Å². The number of nitrogens with one attached hydrogen (secondary N) is 1. The Kier molecular flexibility index (Phi) is 5.42. The van der Waals surface area contributed by atoms with Gasteiger partial charge in [-0.2, -0.15) is 4.72 Å². The van der Waals surface area contributed by atoms with Crippen LogP contribution in [0.2, 0.25) is 0 Å². The van der Waals surface area contributed by atoms with E-state index in [2.05, 4.69) is 4.72 Å². The first-order chi connectivity index (χ1) is 10.4. The molecular formula is C15H21NO5S. The van der Waals surface area contributed by atoms with Crippen molar-refractivity contribution in [3.8, 4) is 5.75 Å². The molecule has 1 aliphatic heterocycles. The van der Waals surface area contributed by atoms with E-state index in [0.29, 0.717) is 18.8 Å². The summed E-state index contributed by atoms with van der Waals surface area (Å²) in [7, 11) is -3.85. The van der Waals surface area contributed by atoms with Gasteiger partial charge in [0.15, 0.2) is 0 Å². The molecule has 0 fully saturated rings. The smallest absolute Gasteiger partial charge is 0.321 e. The van der Waals surface area contributed by atoms with Crippen molar-refractivity contribution in [1.29, 1.82) is 0 Å². The lowest BCUT2D eigenvalue weighted by Crippen LogP contribution is -2.40. The fourth-order valence-corrected chi connectivity index (χ4v) is 3.67. The van der Waals surface area contributed by atoms with Gasteiger partial charge in [0.25, 0.3) is 0 Å². The van der Waals surface area contributed by atoms with Crippen molar-refractivity contribution >= 4 is 16.0 Å². The average molecular weight is 327 g/mol. The van der Waals surface area contributed by atoms with Gasteiger partial charge in [-0.25, -0.2) is 8.42 Å². The van der Waals surface area contributed by atoms with E-state index in [4.69, 9.17) is 9.84 Å². The SMILES string of the molecule is CCCC[C@H](NS(=O)(=O)c1ccc2c(c1)CCCO2)C(=O)O. The van der Waals surface area contributed by atoms with Crippen molar-refractivity contribution in [2.75, 3.05) is 6.61 Å². The summed E-state index contributed by atoms with van der Waals surface area (Å²) in [4.78, 5) is 11.3. The van der Waals surface area contributed by atoms with E-state index in [-0.39, 0.29) is 11.3 Å². The molecule has 0 bridgehead atoms. The lowest BCUT2D eigenvalue weighted by atomic mass is 10.1. The van der Waals surface area contributed by atoms with Crippen LogP contribution in [0.15, 0.2) is 23.1 Å². The van der Waals surface area contributed by atoms with Crippen molar-refractivity contribution in [3.63, 3.8) is 0 Å². The molecule has 0 amide bonds. The van der Waals surface area contributed by atoms with Crippen molar-refractivity contribution in [3.05, 3.63) is 23.8 Å². The zero-order valence-electron chi connectivity index (χ0n) is 12.5. The van der Waals surface area contributed by atoms with Crippen LogP contribution in [0.1, 0.15) is 38.2 Å². The molecule has 1 aromatic rings. The number of carbonyl (C=O) groups is 1. The number of sulfonamides is 1. The Morgan fingerprint density at radius 3 is 2.91 bits per heavy atom. The van der Waals surface area contributed by atoms with E-state index in [1.165, 1.54) is 6.07 Å². The van der Waals surface area contributed by atoms with Gasteiger partial charge in [-0.15, -0.1) is 0 Å². The number of fused-ring (bicyclic) bond motifs is 1. The van der Waals surface area contributed by atoms with Crippen molar-refractivity contribution in [1.82, 2.24) is 4.72 Å². The number of hydrogen-bond donors (Lipinski definition) is 2. The molecule has 22 heavy (non-hydrogen) atoms. The minimum absolute atomic E-state index is 0.0829. The van der Waals surface area contributed by atoms with E-state index in [9.17, 15) is 13.2 Å². The van der Waals surface area contributed by atoms with Gasteiger partial charge in [-0.05, 0) is 43.0 Å². The quantitative estimate of drug-likeness (QED) is 0.798. The summed E-state index contributed by atoms with van der Waals surface area (Å²) in [6.45, 7) is 2.56. The fourth-order valence-electron chi connectivity index (χ4n) is 2.40. The second-order valence-corrected chi connectivity index (χ2v) is 7.09. The molecule has 0 radical (unpaired) electrons. The van der Waals surface area contributed by atoms with Gasteiger partial charge in [0.1, 0.15) is 11.8 Å². The van der Waals surface area contributed by atoms with Crippen LogP contribution in [0.5, 0.6) is 5.75 Å². The molecule has 122 valence electrons. The molecule has 1 heterocycles. The van der Waals surface area contributed by atoms with Crippen LogP contribution >= 0.6 is 0 Å². The van der Waals surface area contributed by atoms with Crippen LogP contribution < -0.4 is 9.46 Å². The number of hydrogen-bond acceptors (Lipinski definition) is 4. The highest BCUT2D eigenvalue weighted by Crippen LogP contribution is 2.27. The predicted molar refractivity (Wildman–Crippen MR) is 81.5 cm³/mol. The Morgan fingerprint density at radius 1 is 1.45 bits per heavy atom. The molecule has 0 unspecified atom stereocenters. The standard InChI is InChI=1S/C15H21NO5S/c1-2-3-6-13(15(17)18)16-22(19,20)12-7-8-14-11(10-12)5-4-9-21-14/h7-8,10,13,16H,2-6,9H2,1H3,(H,17,18)/t13-/m0/s1. The second-order valence-electron chi connectivity index (χ2n) is 5.38. The van der Waals surface area contributed by atoms with E-state index in [1.807, 2.05) is 6.92 Å². The first kappa shape index (κ1) is 16.8. The molecule has 0 spiro atoms.